The van der Waals surface area contributed by atoms with Crippen LogP contribution >= 0.6 is 11.8 Å². The van der Waals surface area contributed by atoms with Crippen LogP contribution in [0.2, 0.25) is 0 Å². The van der Waals surface area contributed by atoms with Crippen LogP contribution in [-0.4, -0.2) is 26.7 Å². The summed E-state index contributed by atoms with van der Waals surface area (Å²) in [6.45, 7) is 4.72. The number of carbonyl (C=O) groups is 1. The second kappa shape index (κ2) is 11.7. The van der Waals surface area contributed by atoms with Crippen LogP contribution in [0.3, 0.4) is 0 Å². The summed E-state index contributed by atoms with van der Waals surface area (Å²) < 4.78 is 8.43. The maximum absolute atomic E-state index is 12.8. The minimum atomic E-state index is -0.302. The van der Waals surface area contributed by atoms with Crippen LogP contribution in [0.5, 0.6) is 0 Å². The normalized spacial score (nSPS) is 10.9. The van der Waals surface area contributed by atoms with Gasteiger partial charge in [-0.15, -0.1) is 0 Å². The molecular formula is C25H29N3O4S. The number of ether oxygens (including phenoxy) is 1. The molecule has 0 fully saturated rings. The molecule has 0 atom stereocenters. The molecule has 1 aromatic carbocycles. The fraction of sp³-hybridized carbons (Fsp3) is 0.360. The van der Waals surface area contributed by atoms with Gasteiger partial charge in [-0.2, -0.15) is 4.98 Å². The van der Waals surface area contributed by atoms with E-state index in [4.69, 9.17) is 4.74 Å². The molecule has 7 nitrogen and oxygen atoms in total. The molecular weight excluding hydrogens is 438 g/mol. The minimum Gasteiger partial charge on any atom is -0.466 e. The van der Waals surface area contributed by atoms with Gasteiger partial charge in [-0.1, -0.05) is 41.6 Å². The quantitative estimate of drug-likeness (QED) is 0.258. The molecule has 174 valence electrons. The van der Waals surface area contributed by atoms with Gasteiger partial charge in [0.25, 0.3) is 11.1 Å². The molecule has 33 heavy (non-hydrogen) atoms. The summed E-state index contributed by atoms with van der Waals surface area (Å²) in [5.74, 6) is 0.444. The monoisotopic (exact) mass is 467 g/mol. The Morgan fingerprint density at radius 3 is 2.58 bits per heavy atom. The van der Waals surface area contributed by atoms with Crippen molar-refractivity contribution >= 4 is 17.7 Å². The molecule has 0 aliphatic heterocycles. The van der Waals surface area contributed by atoms with Crippen LogP contribution in [0.1, 0.15) is 42.0 Å². The largest absolute Gasteiger partial charge is 0.466 e. The SMILES string of the molecule is CCOC(=O)CCCn1cc(Cc2ccn(C)c(=O)c2)c(=O)nc1SCc1ccc(C)cc1. The van der Waals surface area contributed by atoms with E-state index in [1.54, 1.807) is 26.4 Å². The zero-order valence-electron chi connectivity index (χ0n) is 19.2. The van der Waals surface area contributed by atoms with Crippen LogP contribution in [0.15, 0.2) is 63.5 Å². The van der Waals surface area contributed by atoms with E-state index in [1.165, 1.54) is 28.0 Å². The van der Waals surface area contributed by atoms with Crippen molar-refractivity contribution < 1.29 is 9.53 Å². The van der Waals surface area contributed by atoms with Crippen molar-refractivity contribution in [2.24, 2.45) is 7.05 Å². The third-order valence-corrected chi connectivity index (χ3v) is 6.23. The van der Waals surface area contributed by atoms with Crippen molar-refractivity contribution in [3.8, 4) is 0 Å². The van der Waals surface area contributed by atoms with Crippen LogP contribution in [0, 0.1) is 6.92 Å². The Bertz CT molecular complexity index is 1220. The molecule has 8 heteroatoms. The highest BCUT2D eigenvalue weighted by molar-refractivity contribution is 7.98. The van der Waals surface area contributed by atoms with Gasteiger partial charge in [0.05, 0.1) is 6.61 Å². The van der Waals surface area contributed by atoms with Crippen molar-refractivity contribution in [3.05, 3.63) is 91.8 Å². The lowest BCUT2D eigenvalue weighted by Crippen LogP contribution is -2.21. The summed E-state index contributed by atoms with van der Waals surface area (Å²) in [4.78, 5) is 40.8. The molecule has 0 spiro atoms. The van der Waals surface area contributed by atoms with Crippen LogP contribution in [-0.2, 0) is 35.3 Å². The summed E-state index contributed by atoms with van der Waals surface area (Å²) in [6.07, 6.45) is 4.69. The Kier molecular flexibility index (Phi) is 8.65. The van der Waals surface area contributed by atoms with E-state index < -0.39 is 0 Å². The van der Waals surface area contributed by atoms with E-state index >= 15 is 0 Å². The highest BCUT2D eigenvalue weighted by Crippen LogP contribution is 2.21. The molecule has 3 aromatic rings. The number of pyridine rings is 1. The van der Waals surface area contributed by atoms with Crippen molar-refractivity contribution in [3.63, 3.8) is 0 Å². The first-order valence-corrected chi connectivity index (χ1v) is 11.9. The van der Waals surface area contributed by atoms with Gasteiger partial charge < -0.3 is 13.9 Å². The van der Waals surface area contributed by atoms with E-state index in [1.807, 2.05) is 17.6 Å². The molecule has 0 unspecified atom stereocenters. The summed E-state index contributed by atoms with van der Waals surface area (Å²) in [6, 6.07) is 11.6. The lowest BCUT2D eigenvalue weighted by molar-refractivity contribution is -0.143. The third-order valence-electron chi connectivity index (χ3n) is 5.17. The molecule has 2 aromatic heterocycles. The summed E-state index contributed by atoms with van der Waals surface area (Å²) in [5.41, 5.74) is 3.18. The van der Waals surface area contributed by atoms with Gasteiger partial charge in [0.1, 0.15) is 0 Å². The van der Waals surface area contributed by atoms with E-state index in [-0.39, 0.29) is 17.1 Å². The van der Waals surface area contributed by atoms with E-state index in [2.05, 4.69) is 29.2 Å². The number of hydrogen-bond donors (Lipinski definition) is 0. The number of aromatic nitrogens is 3. The molecule has 3 rings (SSSR count). The van der Waals surface area contributed by atoms with Gasteiger partial charge in [-0.05, 0) is 37.5 Å². The molecule has 0 radical (unpaired) electrons. The van der Waals surface area contributed by atoms with Crippen molar-refractivity contribution in [2.75, 3.05) is 6.61 Å². The predicted molar refractivity (Wildman–Crippen MR) is 130 cm³/mol. The van der Waals surface area contributed by atoms with Crippen LogP contribution in [0.4, 0.5) is 0 Å². The zero-order chi connectivity index (χ0) is 23.8. The van der Waals surface area contributed by atoms with Crippen LogP contribution < -0.4 is 11.1 Å². The second-order valence-electron chi connectivity index (χ2n) is 7.89. The Balaban J connectivity index is 1.82. The number of thioether (sulfide) groups is 1. The predicted octanol–water partition coefficient (Wildman–Crippen LogP) is 3.48. The van der Waals surface area contributed by atoms with Gasteiger partial charge >= 0.3 is 5.97 Å². The number of nitrogens with zero attached hydrogens (tertiary/aromatic N) is 3. The van der Waals surface area contributed by atoms with E-state index in [0.717, 1.165) is 11.1 Å². The summed E-state index contributed by atoms with van der Waals surface area (Å²) in [5, 5.41) is 0.608. The zero-order valence-corrected chi connectivity index (χ0v) is 20.1. The topological polar surface area (TPSA) is 83.2 Å². The average molecular weight is 468 g/mol. The maximum Gasteiger partial charge on any atom is 0.305 e. The summed E-state index contributed by atoms with van der Waals surface area (Å²) >= 11 is 1.49. The number of rotatable bonds is 10. The smallest absolute Gasteiger partial charge is 0.305 e. The lowest BCUT2D eigenvalue weighted by Gasteiger charge is -2.14. The first-order chi connectivity index (χ1) is 15.9. The second-order valence-corrected chi connectivity index (χ2v) is 8.83. The van der Waals surface area contributed by atoms with Gasteiger partial charge in [0.2, 0.25) is 0 Å². The van der Waals surface area contributed by atoms with E-state index in [9.17, 15) is 14.4 Å². The Labute approximate surface area is 197 Å². The molecule has 0 N–H and O–H groups in total. The van der Waals surface area contributed by atoms with Gasteiger partial charge in [-0.3, -0.25) is 14.4 Å². The standard InChI is InChI=1S/C25H29N3O4S/c1-4-32-23(30)6-5-12-28-16-21(14-20-11-13-27(3)22(29)15-20)24(31)26-25(28)33-17-19-9-7-18(2)8-10-19/h7-11,13,15-16H,4-6,12,14,17H2,1-3H3. The highest BCUT2D eigenvalue weighted by atomic mass is 32.2. The molecule has 0 amide bonds. The molecule has 0 saturated heterocycles. The molecule has 0 saturated carbocycles. The average Bonchev–Trinajstić information content (AvgIpc) is 2.78. The summed E-state index contributed by atoms with van der Waals surface area (Å²) in [7, 11) is 1.68. The Morgan fingerprint density at radius 1 is 1.12 bits per heavy atom. The fourth-order valence-electron chi connectivity index (χ4n) is 3.30. The van der Waals surface area contributed by atoms with Crippen molar-refractivity contribution in [1.29, 1.82) is 0 Å². The number of aryl methyl sites for hydroxylation is 3. The maximum atomic E-state index is 12.8. The number of benzene rings is 1. The number of carbonyl (C=O) groups excluding carboxylic acids is 1. The van der Waals surface area contributed by atoms with Crippen LogP contribution in [0.25, 0.3) is 0 Å². The van der Waals surface area contributed by atoms with Gasteiger partial charge in [-0.25, -0.2) is 0 Å². The number of hydrogen-bond acceptors (Lipinski definition) is 6. The van der Waals surface area contributed by atoms with Gasteiger partial charge in [0.15, 0.2) is 5.16 Å². The lowest BCUT2D eigenvalue weighted by atomic mass is 10.1. The first kappa shape index (κ1) is 24.5. The molecule has 0 aliphatic rings. The van der Waals surface area contributed by atoms with E-state index in [0.29, 0.717) is 48.9 Å². The minimum absolute atomic E-state index is 0.125. The highest BCUT2D eigenvalue weighted by Gasteiger charge is 2.12. The Hall–Kier alpha value is -3.13. The first-order valence-electron chi connectivity index (χ1n) is 11.0. The number of esters is 1. The molecule has 0 aliphatic carbocycles. The molecule has 0 bridgehead atoms. The Morgan fingerprint density at radius 2 is 1.88 bits per heavy atom. The van der Waals surface area contributed by atoms with Crippen molar-refractivity contribution in [2.45, 2.75) is 50.6 Å². The third kappa shape index (κ3) is 7.18. The van der Waals surface area contributed by atoms with Gasteiger partial charge in [0, 0.05) is 56.2 Å². The molecule has 2 heterocycles. The fourth-order valence-corrected chi connectivity index (χ4v) is 4.24. The van der Waals surface area contributed by atoms with Crippen molar-refractivity contribution in [1.82, 2.24) is 14.1 Å².